The van der Waals surface area contributed by atoms with E-state index in [1.807, 2.05) is 0 Å². The molecule has 1 aromatic carbocycles. The number of halogens is 1. The van der Waals surface area contributed by atoms with Crippen LogP contribution in [0.25, 0.3) is 0 Å². The lowest BCUT2D eigenvalue weighted by Crippen LogP contribution is -2.48. The number of nitrogens with zero attached hydrogens (tertiary/aromatic N) is 2. The van der Waals surface area contributed by atoms with Gasteiger partial charge in [0.15, 0.2) is 5.96 Å². The number of hydrogen-bond donors (Lipinski definition) is 2. The molecule has 132 valence electrons. The monoisotopic (exact) mass is 336 g/mol. The second kappa shape index (κ2) is 8.52. The number of nitrogens with one attached hydrogen (secondary N) is 1. The lowest BCUT2D eigenvalue weighted by atomic mass is 10.1. The van der Waals surface area contributed by atoms with E-state index < -0.39 is 0 Å². The van der Waals surface area contributed by atoms with E-state index >= 15 is 0 Å². The van der Waals surface area contributed by atoms with Crippen LogP contribution in [-0.2, 0) is 11.3 Å². The average Bonchev–Trinajstić information content (AvgIpc) is 2.57. The van der Waals surface area contributed by atoms with E-state index in [1.165, 1.54) is 6.07 Å². The topological polar surface area (TPSA) is 80.0 Å². The second-order valence-electron chi connectivity index (χ2n) is 5.89. The van der Waals surface area contributed by atoms with E-state index in [4.69, 9.17) is 10.5 Å². The summed E-state index contributed by atoms with van der Waals surface area (Å²) >= 11 is 0. The molecular weight excluding hydrogens is 311 g/mol. The van der Waals surface area contributed by atoms with Crippen molar-refractivity contribution in [1.82, 2.24) is 10.2 Å². The summed E-state index contributed by atoms with van der Waals surface area (Å²) in [7, 11) is 0. The van der Waals surface area contributed by atoms with E-state index in [-0.39, 0.29) is 18.0 Å². The number of amides is 1. The van der Waals surface area contributed by atoms with Gasteiger partial charge in [-0.25, -0.2) is 14.2 Å². The first-order chi connectivity index (χ1) is 11.5. The minimum absolute atomic E-state index is 0.189. The van der Waals surface area contributed by atoms with Crippen molar-refractivity contribution in [2.24, 2.45) is 10.7 Å². The molecule has 1 aromatic rings. The number of nitrogens with two attached hydrogens (primary N) is 1. The van der Waals surface area contributed by atoms with Crippen LogP contribution < -0.4 is 11.1 Å². The van der Waals surface area contributed by atoms with Crippen molar-refractivity contribution in [2.75, 3.05) is 19.7 Å². The Hall–Kier alpha value is -2.31. The molecule has 1 saturated heterocycles. The molecule has 6 nitrogen and oxygen atoms in total. The molecule has 7 heteroatoms. The Morgan fingerprint density at radius 2 is 2.17 bits per heavy atom. The molecule has 1 heterocycles. The summed E-state index contributed by atoms with van der Waals surface area (Å²) in [6.07, 6.45) is 1.33. The van der Waals surface area contributed by atoms with Gasteiger partial charge in [-0.05, 0) is 43.9 Å². The first kappa shape index (κ1) is 18.0. The number of guanidine groups is 1. The summed E-state index contributed by atoms with van der Waals surface area (Å²) < 4.78 is 18.2. The van der Waals surface area contributed by atoms with Crippen LogP contribution in [-0.4, -0.2) is 42.7 Å². The van der Waals surface area contributed by atoms with Gasteiger partial charge in [0, 0.05) is 19.1 Å². The van der Waals surface area contributed by atoms with Gasteiger partial charge < -0.3 is 20.7 Å². The Labute approximate surface area is 141 Å². The van der Waals surface area contributed by atoms with Crippen LogP contribution >= 0.6 is 0 Å². The van der Waals surface area contributed by atoms with E-state index in [2.05, 4.69) is 10.3 Å². The molecule has 3 N–H and O–H groups in total. The predicted molar refractivity (Wildman–Crippen MR) is 91.2 cm³/mol. The van der Waals surface area contributed by atoms with Crippen molar-refractivity contribution in [3.63, 3.8) is 0 Å². The molecule has 1 amide bonds. The van der Waals surface area contributed by atoms with Gasteiger partial charge in [0.1, 0.15) is 5.82 Å². The van der Waals surface area contributed by atoms with Crippen molar-refractivity contribution >= 4 is 12.1 Å². The Bertz CT molecular complexity index is 598. The lowest BCUT2D eigenvalue weighted by Gasteiger charge is -2.31. The SMILES string of the molecule is CCOC(=O)N1CCC(NC(N)=NCc2ccc(F)c(C)c2)CC1. The highest BCUT2D eigenvalue weighted by atomic mass is 19.1. The van der Waals surface area contributed by atoms with Crippen LogP contribution in [0.15, 0.2) is 23.2 Å². The molecule has 1 aliphatic heterocycles. The summed E-state index contributed by atoms with van der Waals surface area (Å²) in [5.41, 5.74) is 7.43. The molecule has 1 fully saturated rings. The zero-order valence-electron chi connectivity index (χ0n) is 14.2. The average molecular weight is 336 g/mol. The fraction of sp³-hybridized carbons (Fsp3) is 0.529. The van der Waals surface area contributed by atoms with Crippen molar-refractivity contribution < 1.29 is 13.9 Å². The first-order valence-electron chi connectivity index (χ1n) is 8.22. The van der Waals surface area contributed by atoms with Gasteiger partial charge in [-0.1, -0.05) is 12.1 Å². The molecule has 0 unspecified atom stereocenters. The Morgan fingerprint density at radius 3 is 2.79 bits per heavy atom. The van der Waals surface area contributed by atoms with Crippen molar-refractivity contribution in [1.29, 1.82) is 0 Å². The molecule has 0 atom stereocenters. The number of carbonyl (C=O) groups excluding carboxylic acids is 1. The molecule has 2 rings (SSSR count). The van der Waals surface area contributed by atoms with E-state index in [9.17, 15) is 9.18 Å². The fourth-order valence-electron chi connectivity index (χ4n) is 2.66. The number of benzene rings is 1. The number of ether oxygens (including phenoxy) is 1. The molecule has 0 aromatic heterocycles. The van der Waals surface area contributed by atoms with E-state index in [0.29, 0.717) is 37.8 Å². The normalized spacial score (nSPS) is 16.1. The van der Waals surface area contributed by atoms with Crippen molar-refractivity contribution in [2.45, 2.75) is 39.3 Å². The zero-order chi connectivity index (χ0) is 17.5. The summed E-state index contributed by atoms with van der Waals surface area (Å²) in [5, 5.41) is 3.18. The van der Waals surface area contributed by atoms with Crippen molar-refractivity contribution in [3.8, 4) is 0 Å². The van der Waals surface area contributed by atoms with Crippen LogP contribution in [0.5, 0.6) is 0 Å². The molecule has 0 bridgehead atoms. The largest absolute Gasteiger partial charge is 0.450 e. The number of piperidine rings is 1. The summed E-state index contributed by atoms with van der Waals surface area (Å²) in [5.74, 6) is 0.147. The van der Waals surface area contributed by atoms with Gasteiger partial charge in [-0.3, -0.25) is 0 Å². The fourth-order valence-corrected chi connectivity index (χ4v) is 2.66. The summed E-state index contributed by atoms with van der Waals surface area (Å²) in [6.45, 7) is 5.59. The smallest absolute Gasteiger partial charge is 0.409 e. The maximum Gasteiger partial charge on any atom is 0.409 e. The van der Waals surface area contributed by atoms with Crippen molar-refractivity contribution in [3.05, 3.63) is 35.1 Å². The Kier molecular flexibility index (Phi) is 6.40. The third-order valence-corrected chi connectivity index (χ3v) is 4.03. The molecular formula is C17H25FN4O2. The maximum absolute atomic E-state index is 13.2. The molecule has 24 heavy (non-hydrogen) atoms. The highest BCUT2D eigenvalue weighted by Crippen LogP contribution is 2.12. The third-order valence-electron chi connectivity index (χ3n) is 4.03. The summed E-state index contributed by atoms with van der Waals surface area (Å²) in [4.78, 5) is 17.6. The van der Waals surface area contributed by atoms with Crippen LogP contribution in [0.1, 0.15) is 30.9 Å². The van der Waals surface area contributed by atoms with Gasteiger partial charge >= 0.3 is 6.09 Å². The van der Waals surface area contributed by atoms with Crippen LogP contribution in [0.2, 0.25) is 0 Å². The quantitative estimate of drug-likeness (QED) is 0.652. The number of aryl methyl sites for hydroxylation is 1. The highest BCUT2D eigenvalue weighted by molar-refractivity contribution is 5.78. The number of likely N-dealkylation sites (tertiary alicyclic amines) is 1. The molecule has 0 saturated carbocycles. The van der Waals surface area contributed by atoms with Gasteiger partial charge in [0.05, 0.1) is 13.2 Å². The first-order valence-corrected chi connectivity index (χ1v) is 8.22. The van der Waals surface area contributed by atoms with Gasteiger partial charge in [-0.15, -0.1) is 0 Å². The highest BCUT2D eigenvalue weighted by Gasteiger charge is 2.23. The molecule has 0 aliphatic carbocycles. The minimum Gasteiger partial charge on any atom is -0.450 e. The minimum atomic E-state index is -0.260. The second-order valence-corrected chi connectivity index (χ2v) is 5.89. The Balaban J connectivity index is 1.79. The number of aliphatic imine (C=N–C) groups is 1. The zero-order valence-corrected chi connectivity index (χ0v) is 14.2. The number of rotatable bonds is 4. The summed E-state index contributed by atoms with van der Waals surface area (Å²) in [6, 6.07) is 5.10. The standard InChI is InChI=1S/C17H25FN4O2/c1-3-24-17(23)22-8-6-14(7-9-22)21-16(19)20-11-13-4-5-15(18)12(2)10-13/h4-5,10,14H,3,6-9,11H2,1-2H3,(H3,19,20,21). The predicted octanol–water partition coefficient (Wildman–Crippen LogP) is 2.16. The van der Waals surface area contributed by atoms with Crippen LogP contribution in [0.3, 0.4) is 0 Å². The number of carbonyl (C=O) groups is 1. The van der Waals surface area contributed by atoms with E-state index in [1.54, 1.807) is 30.9 Å². The molecule has 1 aliphatic rings. The van der Waals surface area contributed by atoms with Crippen LogP contribution in [0.4, 0.5) is 9.18 Å². The molecule has 0 radical (unpaired) electrons. The Morgan fingerprint density at radius 1 is 1.46 bits per heavy atom. The van der Waals surface area contributed by atoms with Gasteiger partial charge in [-0.2, -0.15) is 0 Å². The van der Waals surface area contributed by atoms with E-state index in [0.717, 1.165) is 18.4 Å². The van der Waals surface area contributed by atoms with Gasteiger partial charge in [0.2, 0.25) is 0 Å². The lowest BCUT2D eigenvalue weighted by molar-refractivity contribution is 0.0963. The molecule has 0 spiro atoms. The maximum atomic E-state index is 13.2. The van der Waals surface area contributed by atoms with Gasteiger partial charge in [0.25, 0.3) is 0 Å². The number of hydrogen-bond acceptors (Lipinski definition) is 3. The van der Waals surface area contributed by atoms with Crippen LogP contribution in [0, 0.1) is 12.7 Å². The third kappa shape index (κ3) is 5.11.